The Bertz CT molecular complexity index is 414. The Labute approximate surface area is 116 Å². The molecule has 3 nitrogen and oxygen atoms in total. The molecule has 1 aromatic carbocycles. The van der Waals surface area contributed by atoms with Crippen LogP contribution in [0.15, 0.2) is 12.1 Å². The minimum atomic E-state index is -0.628. The standard InChI is InChI=1S/C16H26O3/c1-7-16(8-2,19-6)15(17)13-9-12(4)14(18-5)10-11(13)3/h9-10,15,17H,7-8H2,1-6H3. The molecule has 1 N–H and O–H groups in total. The first-order valence-electron chi connectivity index (χ1n) is 6.84. The van der Waals surface area contributed by atoms with E-state index in [1.807, 2.05) is 39.8 Å². The Balaban J connectivity index is 3.25. The fraction of sp³-hybridized carbons (Fsp3) is 0.625. The van der Waals surface area contributed by atoms with Gasteiger partial charge < -0.3 is 14.6 Å². The molecular formula is C16H26O3. The topological polar surface area (TPSA) is 38.7 Å². The number of aliphatic hydroxyl groups excluding tert-OH is 1. The number of ether oxygens (including phenoxy) is 2. The minimum absolute atomic E-state index is 0.522. The van der Waals surface area contributed by atoms with Crippen LogP contribution in [-0.2, 0) is 4.74 Å². The third-order valence-electron chi connectivity index (χ3n) is 4.18. The predicted octanol–water partition coefficient (Wildman–Crippen LogP) is 3.55. The Morgan fingerprint density at radius 2 is 1.68 bits per heavy atom. The van der Waals surface area contributed by atoms with E-state index in [9.17, 15) is 5.11 Å². The molecule has 0 aliphatic carbocycles. The second-order valence-electron chi connectivity index (χ2n) is 5.06. The summed E-state index contributed by atoms with van der Waals surface area (Å²) in [6, 6.07) is 3.97. The second-order valence-corrected chi connectivity index (χ2v) is 5.06. The maximum absolute atomic E-state index is 10.7. The van der Waals surface area contributed by atoms with Crippen molar-refractivity contribution in [3.63, 3.8) is 0 Å². The van der Waals surface area contributed by atoms with E-state index in [1.54, 1.807) is 14.2 Å². The number of hydrogen-bond acceptors (Lipinski definition) is 3. The molecule has 108 valence electrons. The van der Waals surface area contributed by atoms with Crippen LogP contribution < -0.4 is 4.74 Å². The summed E-state index contributed by atoms with van der Waals surface area (Å²) in [4.78, 5) is 0. The van der Waals surface area contributed by atoms with E-state index in [0.29, 0.717) is 0 Å². The Morgan fingerprint density at radius 3 is 2.11 bits per heavy atom. The SMILES string of the molecule is CCC(CC)(OC)C(O)c1cc(C)c(OC)cc1C. The quantitative estimate of drug-likeness (QED) is 0.855. The van der Waals surface area contributed by atoms with Crippen LogP contribution in [-0.4, -0.2) is 24.9 Å². The monoisotopic (exact) mass is 266 g/mol. The van der Waals surface area contributed by atoms with Crippen LogP contribution in [0.3, 0.4) is 0 Å². The van der Waals surface area contributed by atoms with Crippen LogP contribution in [0.25, 0.3) is 0 Å². The summed E-state index contributed by atoms with van der Waals surface area (Å²) in [5, 5.41) is 10.7. The third-order valence-corrected chi connectivity index (χ3v) is 4.18. The lowest BCUT2D eigenvalue weighted by atomic mass is 9.84. The van der Waals surface area contributed by atoms with Crippen molar-refractivity contribution >= 4 is 0 Å². The van der Waals surface area contributed by atoms with Gasteiger partial charge in [0.25, 0.3) is 0 Å². The van der Waals surface area contributed by atoms with Crippen molar-refractivity contribution in [2.75, 3.05) is 14.2 Å². The summed E-state index contributed by atoms with van der Waals surface area (Å²) in [6.45, 7) is 8.07. The highest BCUT2D eigenvalue weighted by Gasteiger charge is 2.36. The second kappa shape index (κ2) is 6.40. The summed E-state index contributed by atoms with van der Waals surface area (Å²) in [5.74, 6) is 0.851. The number of aliphatic hydroxyl groups is 1. The lowest BCUT2D eigenvalue weighted by molar-refractivity contribution is -0.110. The first-order valence-corrected chi connectivity index (χ1v) is 6.84. The third kappa shape index (κ3) is 2.93. The zero-order chi connectivity index (χ0) is 14.6. The van der Waals surface area contributed by atoms with Gasteiger partial charge in [0.15, 0.2) is 0 Å². The zero-order valence-corrected chi connectivity index (χ0v) is 12.9. The van der Waals surface area contributed by atoms with Gasteiger partial charge in [-0.05, 0) is 55.5 Å². The molecule has 1 aromatic rings. The van der Waals surface area contributed by atoms with Crippen molar-refractivity contribution < 1.29 is 14.6 Å². The maximum atomic E-state index is 10.7. The zero-order valence-electron chi connectivity index (χ0n) is 12.9. The van der Waals surface area contributed by atoms with Gasteiger partial charge in [0, 0.05) is 7.11 Å². The molecule has 0 spiro atoms. The van der Waals surface area contributed by atoms with E-state index in [-0.39, 0.29) is 0 Å². The van der Waals surface area contributed by atoms with Gasteiger partial charge in [0.1, 0.15) is 11.9 Å². The van der Waals surface area contributed by atoms with Gasteiger partial charge in [-0.3, -0.25) is 0 Å². The fourth-order valence-corrected chi connectivity index (χ4v) is 2.65. The number of benzene rings is 1. The highest BCUT2D eigenvalue weighted by atomic mass is 16.5. The van der Waals surface area contributed by atoms with Gasteiger partial charge in [-0.2, -0.15) is 0 Å². The molecule has 0 fully saturated rings. The molecule has 0 radical (unpaired) electrons. The average molecular weight is 266 g/mol. The molecule has 0 saturated carbocycles. The van der Waals surface area contributed by atoms with Crippen molar-refractivity contribution in [2.45, 2.75) is 52.2 Å². The van der Waals surface area contributed by atoms with Crippen molar-refractivity contribution in [3.8, 4) is 5.75 Å². The predicted molar refractivity (Wildman–Crippen MR) is 77.7 cm³/mol. The van der Waals surface area contributed by atoms with Crippen molar-refractivity contribution in [1.29, 1.82) is 0 Å². The van der Waals surface area contributed by atoms with Crippen LogP contribution in [0.4, 0.5) is 0 Å². The Hall–Kier alpha value is -1.06. The van der Waals surface area contributed by atoms with E-state index in [2.05, 4.69) is 0 Å². The van der Waals surface area contributed by atoms with E-state index >= 15 is 0 Å². The molecule has 1 unspecified atom stereocenters. The van der Waals surface area contributed by atoms with Crippen molar-refractivity contribution in [1.82, 2.24) is 0 Å². The lowest BCUT2D eigenvalue weighted by Crippen LogP contribution is -2.37. The van der Waals surface area contributed by atoms with E-state index in [1.165, 1.54) is 0 Å². The van der Waals surface area contributed by atoms with Crippen LogP contribution in [0.1, 0.15) is 49.5 Å². The molecule has 0 bridgehead atoms. The first kappa shape index (κ1) is 16.0. The summed E-state index contributed by atoms with van der Waals surface area (Å²) in [7, 11) is 3.33. The molecule has 0 aliphatic rings. The normalized spacial score (nSPS) is 13.4. The van der Waals surface area contributed by atoms with Gasteiger partial charge >= 0.3 is 0 Å². The number of rotatable bonds is 6. The molecule has 0 amide bonds. The molecular weight excluding hydrogens is 240 g/mol. The van der Waals surface area contributed by atoms with Gasteiger partial charge in [0.05, 0.1) is 12.7 Å². The Kier molecular flexibility index (Phi) is 5.39. The highest BCUT2D eigenvalue weighted by molar-refractivity contribution is 5.43. The smallest absolute Gasteiger partial charge is 0.122 e. The molecule has 1 rings (SSSR count). The molecule has 3 heteroatoms. The molecule has 1 atom stereocenters. The summed E-state index contributed by atoms with van der Waals surface area (Å²) in [6.07, 6.45) is 0.911. The summed E-state index contributed by atoms with van der Waals surface area (Å²) >= 11 is 0. The van der Waals surface area contributed by atoms with Crippen molar-refractivity contribution in [3.05, 3.63) is 28.8 Å². The fourth-order valence-electron chi connectivity index (χ4n) is 2.65. The molecule has 0 heterocycles. The summed E-state index contributed by atoms with van der Waals surface area (Å²) in [5.41, 5.74) is 2.45. The number of methoxy groups -OCH3 is 2. The minimum Gasteiger partial charge on any atom is -0.496 e. The lowest BCUT2D eigenvalue weighted by Gasteiger charge is -2.36. The molecule has 0 saturated heterocycles. The van der Waals surface area contributed by atoms with Gasteiger partial charge in [-0.1, -0.05) is 13.8 Å². The maximum Gasteiger partial charge on any atom is 0.122 e. The molecule has 19 heavy (non-hydrogen) atoms. The molecule has 0 aromatic heterocycles. The summed E-state index contributed by atoms with van der Waals surface area (Å²) < 4.78 is 10.9. The highest BCUT2D eigenvalue weighted by Crippen LogP contribution is 2.37. The largest absolute Gasteiger partial charge is 0.496 e. The van der Waals surface area contributed by atoms with Gasteiger partial charge in [-0.25, -0.2) is 0 Å². The van der Waals surface area contributed by atoms with E-state index in [4.69, 9.17) is 9.47 Å². The van der Waals surface area contributed by atoms with Gasteiger partial charge in [-0.15, -0.1) is 0 Å². The number of hydrogen-bond donors (Lipinski definition) is 1. The van der Waals surface area contributed by atoms with E-state index < -0.39 is 11.7 Å². The molecule has 0 aliphatic heterocycles. The van der Waals surface area contributed by atoms with Crippen LogP contribution >= 0.6 is 0 Å². The van der Waals surface area contributed by atoms with Crippen LogP contribution in [0, 0.1) is 13.8 Å². The van der Waals surface area contributed by atoms with E-state index in [0.717, 1.165) is 35.3 Å². The van der Waals surface area contributed by atoms with Crippen molar-refractivity contribution in [2.24, 2.45) is 0 Å². The van der Waals surface area contributed by atoms with Crippen LogP contribution in [0.2, 0.25) is 0 Å². The number of aryl methyl sites for hydroxylation is 2. The first-order chi connectivity index (χ1) is 8.95. The average Bonchev–Trinajstić information content (AvgIpc) is 2.43. The Morgan fingerprint density at radius 1 is 1.11 bits per heavy atom. The van der Waals surface area contributed by atoms with Crippen LogP contribution in [0.5, 0.6) is 5.75 Å². The van der Waals surface area contributed by atoms with Gasteiger partial charge in [0.2, 0.25) is 0 Å².